The molecule has 0 aromatic heterocycles. The molecule has 1 heterocycles. The molecule has 0 fully saturated rings. The Bertz CT molecular complexity index is 672. The molecule has 1 atom stereocenters. The molecular formula is C21H33N3O4. The number of nitrogens with one attached hydrogen (secondary N) is 1. The summed E-state index contributed by atoms with van der Waals surface area (Å²) < 4.78 is 11.3. The number of ether oxygens (including phenoxy) is 2. The minimum Gasteiger partial charge on any atom is -0.485 e. The molecule has 7 heteroatoms. The third-order valence-electron chi connectivity index (χ3n) is 4.44. The van der Waals surface area contributed by atoms with Crippen LogP contribution in [-0.2, 0) is 9.53 Å². The maximum Gasteiger partial charge on any atom is 0.407 e. The summed E-state index contributed by atoms with van der Waals surface area (Å²) in [5.41, 5.74) is 0.578. The summed E-state index contributed by atoms with van der Waals surface area (Å²) in [5.74, 6) is 0.902. The predicted molar refractivity (Wildman–Crippen MR) is 110 cm³/mol. The molecule has 0 aliphatic carbocycles. The highest BCUT2D eigenvalue weighted by atomic mass is 16.6. The van der Waals surface area contributed by atoms with Crippen LogP contribution in [0.25, 0.3) is 0 Å². The van der Waals surface area contributed by atoms with Crippen molar-refractivity contribution in [2.75, 3.05) is 38.1 Å². The zero-order valence-corrected chi connectivity index (χ0v) is 17.7. The molecule has 0 bridgehead atoms. The summed E-state index contributed by atoms with van der Waals surface area (Å²) in [5, 5.41) is 2.68. The maximum atomic E-state index is 12.4. The highest BCUT2D eigenvalue weighted by Crippen LogP contribution is 2.32. The van der Waals surface area contributed by atoms with Gasteiger partial charge in [0.15, 0.2) is 0 Å². The van der Waals surface area contributed by atoms with Gasteiger partial charge >= 0.3 is 6.09 Å². The number of hydrogen-bond acceptors (Lipinski definition) is 5. The van der Waals surface area contributed by atoms with E-state index in [1.807, 2.05) is 39.0 Å². The SMILES string of the molecule is CCN1C[C@H](CN(C)C(=O)CCCNC(=O)OC(C)(C)C)Oc2ccccc21. The molecule has 28 heavy (non-hydrogen) atoms. The first-order chi connectivity index (χ1) is 13.2. The second-order valence-electron chi connectivity index (χ2n) is 8.05. The molecule has 7 nitrogen and oxygen atoms in total. The van der Waals surface area contributed by atoms with E-state index < -0.39 is 11.7 Å². The van der Waals surface area contributed by atoms with Crippen LogP contribution in [0.4, 0.5) is 10.5 Å². The molecule has 1 N–H and O–H groups in total. The Morgan fingerprint density at radius 1 is 1.32 bits per heavy atom. The number of likely N-dealkylation sites (N-methyl/N-ethyl adjacent to an activating group) is 2. The van der Waals surface area contributed by atoms with E-state index in [1.54, 1.807) is 11.9 Å². The van der Waals surface area contributed by atoms with Gasteiger partial charge in [0, 0.05) is 26.6 Å². The summed E-state index contributed by atoms with van der Waals surface area (Å²) in [6.45, 7) is 10.2. The molecule has 0 saturated carbocycles. The first-order valence-electron chi connectivity index (χ1n) is 9.91. The van der Waals surface area contributed by atoms with Gasteiger partial charge in [-0.15, -0.1) is 0 Å². The summed E-state index contributed by atoms with van der Waals surface area (Å²) in [6, 6.07) is 7.99. The number of fused-ring (bicyclic) bond motifs is 1. The second-order valence-corrected chi connectivity index (χ2v) is 8.05. The zero-order valence-electron chi connectivity index (χ0n) is 17.7. The topological polar surface area (TPSA) is 71.1 Å². The fourth-order valence-corrected chi connectivity index (χ4v) is 3.12. The van der Waals surface area contributed by atoms with Gasteiger partial charge in [0.25, 0.3) is 0 Å². The van der Waals surface area contributed by atoms with Crippen LogP contribution in [0.1, 0.15) is 40.5 Å². The molecule has 0 unspecified atom stereocenters. The van der Waals surface area contributed by atoms with Crippen LogP contribution in [0.2, 0.25) is 0 Å². The van der Waals surface area contributed by atoms with Crippen molar-refractivity contribution in [3.05, 3.63) is 24.3 Å². The predicted octanol–water partition coefficient (Wildman–Crippen LogP) is 3.04. The van der Waals surface area contributed by atoms with Crippen LogP contribution in [-0.4, -0.2) is 61.8 Å². The number of carbonyl (C=O) groups is 2. The largest absolute Gasteiger partial charge is 0.485 e. The summed E-state index contributed by atoms with van der Waals surface area (Å²) in [4.78, 5) is 28.0. The summed E-state index contributed by atoms with van der Waals surface area (Å²) in [7, 11) is 1.80. The molecule has 0 saturated heterocycles. The third kappa shape index (κ3) is 6.62. The van der Waals surface area contributed by atoms with E-state index in [0.29, 0.717) is 25.9 Å². The molecule has 0 spiro atoms. The maximum absolute atomic E-state index is 12.4. The highest BCUT2D eigenvalue weighted by Gasteiger charge is 2.26. The standard InChI is InChI=1S/C21H33N3O4/c1-6-24-15-16(27-18-11-8-7-10-17(18)24)14-23(5)19(25)12-9-13-22-20(26)28-21(2,3)4/h7-8,10-11,16H,6,9,12-15H2,1-5H3,(H,22,26)/t16-/m0/s1. The normalized spacial score (nSPS) is 16.0. The Morgan fingerprint density at radius 2 is 2.04 bits per heavy atom. The first kappa shape index (κ1) is 21.9. The quantitative estimate of drug-likeness (QED) is 0.724. The third-order valence-corrected chi connectivity index (χ3v) is 4.44. The van der Waals surface area contributed by atoms with Gasteiger partial charge in [0.2, 0.25) is 5.91 Å². The van der Waals surface area contributed by atoms with Crippen LogP contribution >= 0.6 is 0 Å². The number of alkyl carbamates (subject to hydrolysis) is 1. The average Bonchev–Trinajstić information content (AvgIpc) is 2.62. The van der Waals surface area contributed by atoms with Crippen molar-refractivity contribution < 1.29 is 19.1 Å². The molecule has 0 radical (unpaired) electrons. The molecule has 1 aromatic rings. The number of rotatable bonds is 7. The average molecular weight is 392 g/mol. The fraction of sp³-hybridized carbons (Fsp3) is 0.619. The monoisotopic (exact) mass is 391 g/mol. The van der Waals surface area contributed by atoms with Crippen LogP contribution < -0.4 is 15.0 Å². The fourth-order valence-electron chi connectivity index (χ4n) is 3.12. The van der Waals surface area contributed by atoms with Gasteiger partial charge in [-0.2, -0.15) is 0 Å². The number of hydrogen-bond donors (Lipinski definition) is 1. The number of amides is 2. The molecular weight excluding hydrogens is 358 g/mol. The van der Waals surface area contributed by atoms with Crippen molar-refractivity contribution in [2.24, 2.45) is 0 Å². The van der Waals surface area contributed by atoms with Gasteiger partial charge in [-0.05, 0) is 46.2 Å². The van der Waals surface area contributed by atoms with Crippen molar-refractivity contribution >= 4 is 17.7 Å². The first-order valence-corrected chi connectivity index (χ1v) is 9.91. The van der Waals surface area contributed by atoms with Gasteiger partial charge in [0.05, 0.1) is 18.8 Å². The molecule has 1 aliphatic rings. The van der Waals surface area contributed by atoms with Crippen molar-refractivity contribution in [1.29, 1.82) is 0 Å². The van der Waals surface area contributed by atoms with Crippen molar-refractivity contribution in [3.63, 3.8) is 0 Å². The smallest absolute Gasteiger partial charge is 0.407 e. The van der Waals surface area contributed by atoms with Crippen molar-refractivity contribution in [2.45, 2.75) is 52.2 Å². The highest BCUT2D eigenvalue weighted by molar-refractivity contribution is 5.76. The van der Waals surface area contributed by atoms with E-state index in [1.165, 1.54) is 0 Å². The molecule has 2 amide bonds. The van der Waals surface area contributed by atoms with Crippen molar-refractivity contribution in [3.8, 4) is 5.75 Å². The van der Waals surface area contributed by atoms with Crippen LogP contribution in [0.3, 0.4) is 0 Å². The molecule has 2 rings (SSSR count). The number of anilines is 1. The van der Waals surface area contributed by atoms with E-state index in [4.69, 9.17) is 9.47 Å². The Balaban J connectivity index is 1.75. The van der Waals surface area contributed by atoms with Gasteiger partial charge in [-0.3, -0.25) is 4.79 Å². The van der Waals surface area contributed by atoms with E-state index >= 15 is 0 Å². The molecule has 1 aliphatic heterocycles. The summed E-state index contributed by atoms with van der Waals surface area (Å²) >= 11 is 0. The lowest BCUT2D eigenvalue weighted by Crippen LogP contribution is -2.46. The van der Waals surface area contributed by atoms with E-state index in [-0.39, 0.29) is 12.0 Å². The van der Waals surface area contributed by atoms with Gasteiger partial charge in [-0.1, -0.05) is 12.1 Å². The Labute approximate surface area is 168 Å². The van der Waals surface area contributed by atoms with Crippen LogP contribution in [0.15, 0.2) is 24.3 Å². The lowest BCUT2D eigenvalue weighted by molar-refractivity contribution is -0.131. The minimum absolute atomic E-state index is 0.0384. The van der Waals surface area contributed by atoms with Gasteiger partial charge in [0.1, 0.15) is 17.5 Å². The zero-order chi connectivity index (χ0) is 20.7. The van der Waals surface area contributed by atoms with Gasteiger partial charge < -0.3 is 24.6 Å². The Hall–Kier alpha value is -2.44. The lowest BCUT2D eigenvalue weighted by atomic mass is 10.1. The number of carbonyl (C=O) groups excluding carboxylic acids is 2. The second kappa shape index (κ2) is 9.66. The number of para-hydroxylation sites is 2. The van der Waals surface area contributed by atoms with E-state index in [2.05, 4.69) is 23.2 Å². The van der Waals surface area contributed by atoms with Crippen molar-refractivity contribution in [1.82, 2.24) is 10.2 Å². The van der Waals surface area contributed by atoms with Gasteiger partial charge in [-0.25, -0.2) is 4.79 Å². The van der Waals surface area contributed by atoms with E-state index in [0.717, 1.165) is 24.5 Å². The Kier molecular flexibility index (Phi) is 7.54. The number of nitrogens with zero attached hydrogens (tertiary/aromatic N) is 2. The van der Waals surface area contributed by atoms with E-state index in [9.17, 15) is 9.59 Å². The summed E-state index contributed by atoms with van der Waals surface area (Å²) in [6.07, 6.45) is 0.413. The van der Waals surface area contributed by atoms with Crippen LogP contribution in [0.5, 0.6) is 5.75 Å². The molecule has 1 aromatic carbocycles. The minimum atomic E-state index is -0.523. The number of benzene rings is 1. The molecule has 156 valence electrons. The van der Waals surface area contributed by atoms with Crippen LogP contribution in [0, 0.1) is 0 Å². The lowest BCUT2D eigenvalue weighted by Gasteiger charge is -2.37. The Morgan fingerprint density at radius 3 is 2.71 bits per heavy atom.